The summed E-state index contributed by atoms with van der Waals surface area (Å²) in [5.41, 5.74) is 3.70. The second-order valence-corrected chi connectivity index (χ2v) is 6.53. The van der Waals surface area contributed by atoms with Crippen LogP contribution in [0.3, 0.4) is 0 Å². The lowest BCUT2D eigenvalue weighted by molar-refractivity contribution is 0.0763. The first-order chi connectivity index (χ1) is 10.8. The average Bonchev–Trinajstić information content (AvgIpc) is 3.21. The van der Waals surface area contributed by atoms with Gasteiger partial charge < -0.3 is 4.74 Å². The van der Waals surface area contributed by atoms with E-state index in [1.807, 2.05) is 35.2 Å². The Bertz CT molecular complexity index is 707. The molecule has 3 nitrogen and oxygen atoms in total. The van der Waals surface area contributed by atoms with Crippen LogP contribution >= 0.6 is 0 Å². The molecule has 2 aromatic rings. The number of ether oxygens (including phenoxy) is 1. The van der Waals surface area contributed by atoms with E-state index in [2.05, 4.69) is 24.3 Å². The van der Waals surface area contributed by atoms with Crippen LogP contribution in [0, 0.1) is 11.8 Å². The van der Waals surface area contributed by atoms with Crippen LogP contribution in [-0.2, 0) is 11.3 Å². The second-order valence-electron chi connectivity index (χ2n) is 6.53. The van der Waals surface area contributed by atoms with Gasteiger partial charge in [-0.2, -0.15) is 0 Å². The van der Waals surface area contributed by atoms with Gasteiger partial charge >= 0.3 is 6.09 Å². The van der Waals surface area contributed by atoms with Crippen molar-refractivity contribution in [2.24, 2.45) is 11.8 Å². The summed E-state index contributed by atoms with van der Waals surface area (Å²) in [5, 5.41) is 0. The van der Waals surface area contributed by atoms with Gasteiger partial charge in [-0.1, -0.05) is 54.6 Å². The number of carbonyl (C=O) groups excluding carboxylic acids is 1. The molecule has 2 aliphatic heterocycles. The predicted molar refractivity (Wildman–Crippen MR) is 82.0 cm³/mol. The predicted octanol–water partition coefficient (Wildman–Crippen LogP) is 4.07. The Balaban J connectivity index is 1.38. The van der Waals surface area contributed by atoms with Crippen LogP contribution in [0.1, 0.15) is 35.2 Å². The molecule has 4 unspecified atom stereocenters. The Morgan fingerprint density at radius 3 is 2.18 bits per heavy atom. The number of hydrogen-bond donors (Lipinski definition) is 0. The zero-order chi connectivity index (χ0) is 14.7. The number of nitrogens with zero attached hydrogens (tertiary/aromatic N) is 1. The van der Waals surface area contributed by atoms with Gasteiger partial charge in [0.2, 0.25) is 0 Å². The van der Waals surface area contributed by atoms with Gasteiger partial charge in [0.15, 0.2) is 0 Å². The molecule has 0 N–H and O–H groups in total. The van der Waals surface area contributed by atoms with Crippen LogP contribution in [0.25, 0.3) is 0 Å². The Morgan fingerprint density at radius 1 is 0.955 bits per heavy atom. The van der Waals surface area contributed by atoms with Gasteiger partial charge in [0.05, 0.1) is 12.1 Å². The summed E-state index contributed by atoms with van der Waals surface area (Å²) >= 11 is 0. The molecule has 2 heterocycles. The molecule has 2 fully saturated rings. The molecule has 1 aliphatic carbocycles. The van der Waals surface area contributed by atoms with Gasteiger partial charge in [-0.15, -0.1) is 0 Å². The average molecular weight is 291 g/mol. The summed E-state index contributed by atoms with van der Waals surface area (Å²) in [6.45, 7) is 0.349. The van der Waals surface area contributed by atoms with Crippen LogP contribution in [-0.4, -0.2) is 11.0 Å². The molecule has 1 saturated heterocycles. The van der Waals surface area contributed by atoms with E-state index in [1.54, 1.807) is 0 Å². The summed E-state index contributed by atoms with van der Waals surface area (Å²) in [6.07, 6.45) is 1.09. The highest BCUT2D eigenvalue weighted by atomic mass is 16.6. The highest BCUT2D eigenvalue weighted by Gasteiger charge is 2.66. The van der Waals surface area contributed by atoms with Gasteiger partial charge in [-0.3, -0.25) is 4.90 Å². The third kappa shape index (κ3) is 1.59. The largest absolute Gasteiger partial charge is 0.445 e. The standard InChI is InChI=1S/C19H17NO2/c21-19(22-11-12-6-2-1-3-7-12)20-17-13-8-4-5-9-14(13)18(20)16-10-15(16)17/h1-9,15-18H,10-11H2. The minimum atomic E-state index is -0.165. The third-order valence-corrected chi connectivity index (χ3v) is 5.35. The fraction of sp³-hybridized carbons (Fsp3) is 0.316. The Morgan fingerprint density at radius 2 is 1.55 bits per heavy atom. The molecule has 2 bridgehead atoms. The van der Waals surface area contributed by atoms with Crippen LogP contribution in [0.4, 0.5) is 4.79 Å². The Hall–Kier alpha value is -2.29. The zero-order valence-electron chi connectivity index (χ0n) is 12.2. The molecule has 4 atom stereocenters. The molecule has 5 rings (SSSR count). The Kier molecular flexibility index (Phi) is 2.43. The molecular formula is C19H17NO2. The molecule has 2 aromatic carbocycles. The molecule has 3 aliphatic rings. The van der Waals surface area contributed by atoms with Crippen molar-refractivity contribution in [3.05, 3.63) is 71.3 Å². The van der Waals surface area contributed by atoms with Crippen molar-refractivity contribution in [3.8, 4) is 0 Å². The molecule has 1 amide bonds. The summed E-state index contributed by atoms with van der Waals surface area (Å²) in [5.74, 6) is 1.31. The van der Waals surface area contributed by atoms with E-state index in [1.165, 1.54) is 17.5 Å². The van der Waals surface area contributed by atoms with Crippen LogP contribution in [0.2, 0.25) is 0 Å². The number of rotatable bonds is 2. The number of hydrogen-bond acceptors (Lipinski definition) is 2. The van der Waals surface area contributed by atoms with Gasteiger partial charge in [0, 0.05) is 0 Å². The first-order valence-electron chi connectivity index (χ1n) is 7.92. The van der Waals surface area contributed by atoms with E-state index in [-0.39, 0.29) is 18.2 Å². The smallest absolute Gasteiger partial charge is 0.411 e. The molecule has 3 heteroatoms. The molecule has 1 saturated carbocycles. The minimum Gasteiger partial charge on any atom is -0.445 e. The Labute approximate surface area is 129 Å². The van der Waals surface area contributed by atoms with E-state index >= 15 is 0 Å². The number of piperidine rings is 1. The number of fused-ring (bicyclic) bond motifs is 8. The van der Waals surface area contributed by atoms with Crippen molar-refractivity contribution in [1.29, 1.82) is 0 Å². The summed E-state index contributed by atoms with van der Waals surface area (Å²) in [4.78, 5) is 14.6. The topological polar surface area (TPSA) is 29.5 Å². The van der Waals surface area contributed by atoms with Gasteiger partial charge in [-0.25, -0.2) is 4.79 Å². The van der Waals surface area contributed by atoms with Crippen molar-refractivity contribution in [2.75, 3.05) is 0 Å². The van der Waals surface area contributed by atoms with Gasteiger partial charge in [-0.05, 0) is 34.9 Å². The van der Waals surface area contributed by atoms with Crippen molar-refractivity contribution >= 4 is 6.09 Å². The fourth-order valence-electron chi connectivity index (χ4n) is 4.38. The maximum atomic E-state index is 12.6. The number of benzene rings is 2. The highest BCUT2D eigenvalue weighted by Crippen LogP contribution is 2.70. The van der Waals surface area contributed by atoms with Gasteiger partial charge in [0.25, 0.3) is 0 Å². The minimum absolute atomic E-state index is 0.165. The quantitative estimate of drug-likeness (QED) is 0.834. The van der Waals surface area contributed by atoms with Crippen molar-refractivity contribution in [3.63, 3.8) is 0 Å². The molecule has 0 radical (unpaired) electrons. The molecule has 0 spiro atoms. The van der Waals surface area contributed by atoms with E-state index < -0.39 is 0 Å². The zero-order valence-corrected chi connectivity index (χ0v) is 12.2. The third-order valence-electron chi connectivity index (χ3n) is 5.35. The second kappa shape index (κ2) is 4.35. The van der Waals surface area contributed by atoms with Crippen LogP contribution in [0.15, 0.2) is 54.6 Å². The molecule has 22 heavy (non-hydrogen) atoms. The number of carbonyl (C=O) groups is 1. The van der Waals surface area contributed by atoms with Crippen molar-refractivity contribution < 1.29 is 9.53 Å². The monoisotopic (exact) mass is 291 g/mol. The first kappa shape index (κ1) is 12.3. The fourth-order valence-corrected chi connectivity index (χ4v) is 4.38. The maximum Gasteiger partial charge on any atom is 0.411 e. The van der Waals surface area contributed by atoms with Crippen molar-refractivity contribution in [2.45, 2.75) is 25.1 Å². The molecular weight excluding hydrogens is 274 g/mol. The normalized spacial score (nSPS) is 29.9. The lowest BCUT2D eigenvalue weighted by Crippen LogP contribution is -2.31. The lowest BCUT2D eigenvalue weighted by Gasteiger charge is -2.25. The van der Waals surface area contributed by atoms with Crippen LogP contribution in [0.5, 0.6) is 0 Å². The van der Waals surface area contributed by atoms with E-state index in [0.717, 1.165) is 5.56 Å². The number of amides is 1. The van der Waals surface area contributed by atoms with E-state index in [4.69, 9.17) is 4.74 Å². The molecule has 110 valence electrons. The highest BCUT2D eigenvalue weighted by molar-refractivity contribution is 5.72. The molecule has 0 aromatic heterocycles. The summed E-state index contributed by atoms with van der Waals surface area (Å²) in [6, 6.07) is 18.9. The lowest BCUT2D eigenvalue weighted by atomic mass is 9.92. The van der Waals surface area contributed by atoms with Gasteiger partial charge in [0.1, 0.15) is 6.61 Å². The first-order valence-corrected chi connectivity index (χ1v) is 7.92. The van der Waals surface area contributed by atoms with E-state index in [9.17, 15) is 4.79 Å². The van der Waals surface area contributed by atoms with Crippen LogP contribution < -0.4 is 0 Å². The van der Waals surface area contributed by atoms with Crippen molar-refractivity contribution in [1.82, 2.24) is 4.90 Å². The maximum absolute atomic E-state index is 12.6. The summed E-state index contributed by atoms with van der Waals surface area (Å²) in [7, 11) is 0. The summed E-state index contributed by atoms with van der Waals surface area (Å²) < 4.78 is 5.58. The van der Waals surface area contributed by atoms with E-state index in [0.29, 0.717) is 18.4 Å². The SMILES string of the molecule is O=C(OCc1ccccc1)N1C2c3ccccc3C1C1CC12.